The van der Waals surface area contributed by atoms with Crippen molar-refractivity contribution in [2.75, 3.05) is 18.6 Å². The molecule has 1 aromatic rings. The van der Waals surface area contributed by atoms with Crippen molar-refractivity contribution in [3.8, 4) is 5.75 Å². The lowest BCUT2D eigenvalue weighted by atomic mass is 10.2. The third-order valence-electron chi connectivity index (χ3n) is 2.83. The fourth-order valence-electron chi connectivity index (χ4n) is 1.74. The molecule has 0 unspecified atom stereocenters. The van der Waals surface area contributed by atoms with Gasteiger partial charge >= 0.3 is 0 Å². The van der Waals surface area contributed by atoms with Crippen molar-refractivity contribution >= 4 is 19.9 Å². The van der Waals surface area contributed by atoms with Gasteiger partial charge in [-0.25, -0.2) is 22.0 Å². The molecule has 0 saturated carbocycles. The SMILES string of the molecule is CS(=O)(=O)c1cccc(OCCCCCCS(N)(=O)=O)c1. The van der Waals surface area contributed by atoms with Crippen LogP contribution in [0.4, 0.5) is 0 Å². The van der Waals surface area contributed by atoms with E-state index in [1.807, 2.05) is 0 Å². The van der Waals surface area contributed by atoms with Crippen LogP contribution in [-0.2, 0) is 19.9 Å². The van der Waals surface area contributed by atoms with Gasteiger partial charge in [0.1, 0.15) is 5.75 Å². The molecular weight excluding hydrogens is 314 g/mol. The Kier molecular flexibility index (Phi) is 6.63. The van der Waals surface area contributed by atoms with Crippen LogP contribution in [0.2, 0.25) is 0 Å². The lowest BCUT2D eigenvalue weighted by Gasteiger charge is -2.07. The van der Waals surface area contributed by atoms with E-state index in [9.17, 15) is 16.8 Å². The molecule has 0 saturated heterocycles. The Morgan fingerprint density at radius 3 is 2.33 bits per heavy atom. The van der Waals surface area contributed by atoms with Crippen molar-refractivity contribution in [1.82, 2.24) is 0 Å². The molecule has 0 aliphatic heterocycles. The molecule has 0 spiro atoms. The monoisotopic (exact) mass is 335 g/mol. The van der Waals surface area contributed by atoms with Crippen LogP contribution in [0, 0.1) is 0 Å². The van der Waals surface area contributed by atoms with E-state index in [0.29, 0.717) is 18.8 Å². The Hall–Kier alpha value is -1.12. The maximum atomic E-state index is 11.4. The minimum atomic E-state index is -3.37. The predicted molar refractivity (Wildman–Crippen MR) is 81.5 cm³/mol. The summed E-state index contributed by atoms with van der Waals surface area (Å²) in [6, 6.07) is 6.36. The second kappa shape index (κ2) is 7.77. The molecule has 2 N–H and O–H groups in total. The van der Waals surface area contributed by atoms with Gasteiger partial charge in [-0.3, -0.25) is 0 Å². The zero-order valence-corrected chi connectivity index (χ0v) is 13.6. The van der Waals surface area contributed by atoms with Gasteiger partial charge in [-0.15, -0.1) is 0 Å². The number of hydrogen-bond donors (Lipinski definition) is 1. The molecule has 8 heteroatoms. The summed E-state index contributed by atoms with van der Waals surface area (Å²) in [7, 11) is -6.60. The summed E-state index contributed by atoms with van der Waals surface area (Å²) in [6.07, 6.45) is 4.07. The molecule has 0 atom stereocenters. The second-order valence-corrected chi connectivity index (χ2v) is 8.63. The lowest BCUT2D eigenvalue weighted by molar-refractivity contribution is 0.304. The van der Waals surface area contributed by atoms with E-state index in [-0.39, 0.29) is 10.6 Å². The molecule has 0 amide bonds. The quantitative estimate of drug-likeness (QED) is 0.685. The Morgan fingerprint density at radius 2 is 1.71 bits per heavy atom. The number of hydrogen-bond acceptors (Lipinski definition) is 5. The number of ether oxygens (including phenoxy) is 1. The highest BCUT2D eigenvalue weighted by molar-refractivity contribution is 7.90. The Labute approximate surface area is 126 Å². The van der Waals surface area contributed by atoms with Crippen molar-refractivity contribution in [1.29, 1.82) is 0 Å². The standard InChI is InChI=1S/C13H21NO5S2/c1-20(15,16)13-8-6-7-12(11-13)19-9-4-2-3-5-10-21(14,17)18/h6-8,11H,2-5,9-10H2,1H3,(H2,14,17,18). The first kappa shape index (κ1) is 17.9. The highest BCUT2D eigenvalue weighted by atomic mass is 32.2. The largest absolute Gasteiger partial charge is 0.494 e. The van der Waals surface area contributed by atoms with Crippen molar-refractivity contribution in [3.63, 3.8) is 0 Å². The van der Waals surface area contributed by atoms with Crippen molar-refractivity contribution in [3.05, 3.63) is 24.3 Å². The van der Waals surface area contributed by atoms with Gasteiger partial charge in [0.05, 0.1) is 17.3 Å². The first-order chi connectivity index (χ1) is 9.68. The Balaban J connectivity index is 2.28. The molecule has 120 valence electrons. The molecule has 0 fully saturated rings. The summed E-state index contributed by atoms with van der Waals surface area (Å²) >= 11 is 0. The maximum absolute atomic E-state index is 11.4. The minimum absolute atomic E-state index is 0.00423. The van der Waals surface area contributed by atoms with E-state index in [1.165, 1.54) is 12.1 Å². The van der Waals surface area contributed by atoms with Crippen molar-refractivity contribution in [2.24, 2.45) is 5.14 Å². The summed E-state index contributed by atoms with van der Waals surface area (Å²) in [5, 5.41) is 4.90. The van der Waals surface area contributed by atoms with Crippen LogP contribution in [0.25, 0.3) is 0 Å². The van der Waals surface area contributed by atoms with Gasteiger partial charge in [-0.1, -0.05) is 18.9 Å². The summed E-state index contributed by atoms with van der Waals surface area (Å²) < 4.78 is 49.7. The van der Waals surface area contributed by atoms with Crippen LogP contribution < -0.4 is 9.88 Å². The van der Waals surface area contributed by atoms with Crippen LogP contribution in [0.1, 0.15) is 25.7 Å². The van der Waals surface area contributed by atoms with Gasteiger partial charge in [0, 0.05) is 6.26 Å². The smallest absolute Gasteiger partial charge is 0.209 e. The molecule has 0 aromatic heterocycles. The molecule has 6 nitrogen and oxygen atoms in total. The third-order valence-corrected chi connectivity index (χ3v) is 4.79. The van der Waals surface area contributed by atoms with Crippen LogP contribution in [-0.4, -0.2) is 35.5 Å². The van der Waals surface area contributed by atoms with E-state index >= 15 is 0 Å². The van der Waals surface area contributed by atoms with Gasteiger partial charge in [-0.2, -0.15) is 0 Å². The molecule has 21 heavy (non-hydrogen) atoms. The maximum Gasteiger partial charge on any atom is 0.209 e. The van der Waals surface area contributed by atoms with Crippen LogP contribution in [0.3, 0.4) is 0 Å². The lowest BCUT2D eigenvalue weighted by Crippen LogP contribution is -2.16. The average Bonchev–Trinajstić information content (AvgIpc) is 2.35. The number of unbranched alkanes of at least 4 members (excludes halogenated alkanes) is 3. The predicted octanol–water partition coefficient (Wildman–Crippen LogP) is 1.32. The summed E-state index contributed by atoms with van der Waals surface area (Å²) in [6.45, 7) is 0.461. The zero-order chi connectivity index (χ0) is 15.9. The molecular formula is C13H21NO5S2. The number of primary sulfonamides is 1. The fourth-order valence-corrected chi connectivity index (χ4v) is 3.01. The first-order valence-electron chi connectivity index (χ1n) is 6.62. The molecule has 1 aromatic carbocycles. The summed E-state index contributed by atoms with van der Waals surface area (Å²) in [5.74, 6) is 0.520. The summed E-state index contributed by atoms with van der Waals surface area (Å²) in [4.78, 5) is 0.230. The van der Waals surface area contributed by atoms with Crippen LogP contribution in [0.5, 0.6) is 5.75 Å². The average molecular weight is 335 g/mol. The van der Waals surface area contributed by atoms with Crippen LogP contribution in [0.15, 0.2) is 29.2 Å². The zero-order valence-electron chi connectivity index (χ0n) is 12.0. The molecule has 0 aliphatic carbocycles. The molecule has 0 radical (unpaired) electrons. The molecule has 0 aliphatic rings. The van der Waals surface area contributed by atoms with E-state index in [1.54, 1.807) is 12.1 Å². The molecule has 0 heterocycles. The molecule has 0 bridgehead atoms. The minimum Gasteiger partial charge on any atom is -0.494 e. The van der Waals surface area contributed by atoms with E-state index in [4.69, 9.17) is 9.88 Å². The van der Waals surface area contributed by atoms with E-state index in [2.05, 4.69) is 0 Å². The van der Waals surface area contributed by atoms with Crippen molar-refractivity contribution < 1.29 is 21.6 Å². The van der Waals surface area contributed by atoms with Gasteiger partial charge in [0.2, 0.25) is 10.0 Å². The van der Waals surface area contributed by atoms with Gasteiger partial charge in [-0.05, 0) is 31.0 Å². The topological polar surface area (TPSA) is 104 Å². The number of sulfone groups is 1. The van der Waals surface area contributed by atoms with E-state index < -0.39 is 19.9 Å². The third kappa shape index (κ3) is 8.03. The first-order valence-corrected chi connectivity index (χ1v) is 10.2. The van der Waals surface area contributed by atoms with Gasteiger partial charge < -0.3 is 4.74 Å². The van der Waals surface area contributed by atoms with E-state index in [0.717, 1.165) is 25.5 Å². The van der Waals surface area contributed by atoms with Gasteiger partial charge in [0.25, 0.3) is 0 Å². The number of nitrogens with two attached hydrogens (primary N) is 1. The number of rotatable bonds is 9. The Morgan fingerprint density at radius 1 is 1.05 bits per heavy atom. The Bertz CT molecular complexity index is 653. The number of sulfonamides is 1. The second-order valence-electron chi connectivity index (χ2n) is 4.88. The van der Waals surface area contributed by atoms with Crippen LogP contribution >= 0.6 is 0 Å². The fraction of sp³-hybridized carbons (Fsp3) is 0.538. The van der Waals surface area contributed by atoms with Crippen molar-refractivity contribution in [2.45, 2.75) is 30.6 Å². The summed E-state index contributed by atoms with van der Waals surface area (Å²) in [5.41, 5.74) is 0. The number of benzene rings is 1. The highest BCUT2D eigenvalue weighted by Crippen LogP contribution is 2.17. The van der Waals surface area contributed by atoms with Gasteiger partial charge in [0.15, 0.2) is 9.84 Å². The molecule has 1 rings (SSSR count). The normalized spacial score (nSPS) is 12.3. The highest BCUT2D eigenvalue weighted by Gasteiger charge is 2.07.